The van der Waals surface area contributed by atoms with Gasteiger partial charge in [-0.2, -0.15) is 5.10 Å². The van der Waals surface area contributed by atoms with Gasteiger partial charge in [0.05, 0.1) is 29.8 Å². The minimum atomic E-state index is -0.226. The van der Waals surface area contributed by atoms with Crippen molar-refractivity contribution in [3.63, 3.8) is 0 Å². The molecule has 0 saturated carbocycles. The highest BCUT2D eigenvalue weighted by atomic mass is 32.1. The number of pyridine rings is 1. The third kappa shape index (κ3) is 4.16. The van der Waals surface area contributed by atoms with Crippen molar-refractivity contribution in [2.45, 2.75) is 40.7 Å². The highest BCUT2D eigenvalue weighted by molar-refractivity contribution is 7.16. The molecule has 0 saturated heterocycles. The number of nitrogens with one attached hydrogen (secondary N) is 1. The third-order valence-electron chi connectivity index (χ3n) is 4.95. The van der Waals surface area contributed by atoms with Crippen molar-refractivity contribution in [3.8, 4) is 17.0 Å². The van der Waals surface area contributed by atoms with E-state index in [1.54, 1.807) is 6.20 Å². The zero-order valence-electron chi connectivity index (χ0n) is 18.3. The summed E-state index contributed by atoms with van der Waals surface area (Å²) < 4.78 is 7.36. The normalized spacial score (nSPS) is 11.3. The van der Waals surface area contributed by atoms with Crippen LogP contribution in [0.5, 0.6) is 5.75 Å². The van der Waals surface area contributed by atoms with Crippen molar-refractivity contribution in [2.75, 3.05) is 11.9 Å². The summed E-state index contributed by atoms with van der Waals surface area (Å²) in [5.74, 6) is 0.600. The molecule has 0 atom stereocenters. The molecule has 1 N–H and O–H groups in total. The predicted octanol–water partition coefficient (Wildman–Crippen LogP) is 5.40. The van der Waals surface area contributed by atoms with Gasteiger partial charge < -0.3 is 4.74 Å². The van der Waals surface area contributed by atoms with Gasteiger partial charge in [-0.15, -0.1) is 11.3 Å². The van der Waals surface area contributed by atoms with Gasteiger partial charge in [0.2, 0.25) is 0 Å². The molecule has 4 rings (SSSR count). The summed E-state index contributed by atoms with van der Waals surface area (Å²) in [6.45, 7) is 10.5. The van der Waals surface area contributed by atoms with Gasteiger partial charge in [-0.25, -0.2) is 14.6 Å². The van der Waals surface area contributed by atoms with Gasteiger partial charge in [-0.1, -0.05) is 0 Å². The minimum Gasteiger partial charge on any atom is -0.494 e. The molecule has 1 aromatic carbocycles. The number of carbonyl (C=O) groups excluding carboxylic acids is 1. The van der Waals surface area contributed by atoms with Crippen LogP contribution in [0.4, 0.5) is 5.13 Å². The maximum atomic E-state index is 13.0. The van der Waals surface area contributed by atoms with Crippen molar-refractivity contribution >= 4 is 33.4 Å². The fourth-order valence-corrected chi connectivity index (χ4v) is 4.26. The second-order valence-corrected chi connectivity index (χ2v) is 8.76. The summed E-state index contributed by atoms with van der Waals surface area (Å²) >= 11 is 1.45. The average Bonchev–Trinajstić information content (AvgIpc) is 3.31. The highest BCUT2D eigenvalue weighted by Crippen LogP contribution is 2.32. The summed E-state index contributed by atoms with van der Waals surface area (Å²) in [5, 5.41) is 8.72. The Kier molecular flexibility index (Phi) is 5.73. The highest BCUT2D eigenvalue weighted by Gasteiger charge is 2.18. The Morgan fingerprint density at radius 3 is 2.61 bits per heavy atom. The van der Waals surface area contributed by atoms with Gasteiger partial charge in [-0.05, 0) is 65.0 Å². The van der Waals surface area contributed by atoms with E-state index in [0.29, 0.717) is 23.0 Å². The molecule has 0 bridgehead atoms. The number of anilines is 1. The van der Waals surface area contributed by atoms with Crippen molar-refractivity contribution in [3.05, 3.63) is 52.7 Å². The van der Waals surface area contributed by atoms with E-state index >= 15 is 0 Å². The molecule has 0 aliphatic rings. The van der Waals surface area contributed by atoms with E-state index in [9.17, 15) is 4.79 Å². The van der Waals surface area contributed by atoms with Crippen LogP contribution in [0.15, 0.2) is 36.5 Å². The second-order valence-electron chi connectivity index (χ2n) is 7.55. The van der Waals surface area contributed by atoms with E-state index in [4.69, 9.17) is 4.74 Å². The van der Waals surface area contributed by atoms with E-state index < -0.39 is 0 Å². The molecule has 160 valence electrons. The van der Waals surface area contributed by atoms with Crippen molar-refractivity contribution in [1.29, 1.82) is 0 Å². The SMILES string of the molecule is CCOc1ccc(-c2nc(NC(=O)c3cc4cnn(C(C)C)c4nc3C)sc2C)cc1. The number of rotatable bonds is 6. The Morgan fingerprint density at radius 1 is 1.19 bits per heavy atom. The fraction of sp³-hybridized carbons (Fsp3) is 0.304. The zero-order valence-corrected chi connectivity index (χ0v) is 19.1. The minimum absolute atomic E-state index is 0.198. The Labute approximate surface area is 185 Å². The van der Waals surface area contributed by atoms with Crippen molar-refractivity contribution in [2.24, 2.45) is 0 Å². The molecular weight excluding hydrogens is 410 g/mol. The van der Waals surface area contributed by atoms with Crippen LogP contribution in [0.1, 0.15) is 47.7 Å². The Hall–Kier alpha value is -3.26. The monoisotopic (exact) mass is 435 g/mol. The molecule has 0 aliphatic heterocycles. The maximum absolute atomic E-state index is 13.0. The largest absolute Gasteiger partial charge is 0.494 e. The van der Waals surface area contributed by atoms with E-state index in [2.05, 4.69) is 34.2 Å². The second kappa shape index (κ2) is 8.47. The number of benzene rings is 1. The standard InChI is InChI=1S/C23H25N5O2S/c1-6-30-18-9-7-16(8-10-18)20-15(5)31-23(26-20)27-22(29)19-11-17-12-24-28(13(2)3)21(17)25-14(19)4/h7-13H,6H2,1-5H3,(H,26,27,29). The van der Waals surface area contributed by atoms with Crippen molar-refractivity contribution in [1.82, 2.24) is 19.7 Å². The molecule has 3 aromatic heterocycles. The van der Waals surface area contributed by atoms with Crippen LogP contribution < -0.4 is 10.1 Å². The van der Waals surface area contributed by atoms with Gasteiger partial charge in [0.25, 0.3) is 5.91 Å². The number of nitrogens with zero attached hydrogens (tertiary/aromatic N) is 4. The van der Waals surface area contributed by atoms with Gasteiger partial charge >= 0.3 is 0 Å². The molecule has 3 heterocycles. The smallest absolute Gasteiger partial charge is 0.259 e. The Morgan fingerprint density at radius 2 is 1.94 bits per heavy atom. The Bertz CT molecular complexity index is 1240. The molecule has 0 aliphatic carbocycles. The van der Waals surface area contributed by atoms with E-state index in [1.165, 1.54) is 11.3 Å². The van der Waals surface area contributed by atoms with E-state index in [0.717, 1.165) is 32.9 Å². The van der Waals surface area contributed by atoms with Gasteiger partial charge in [-0.3, -0.25) is 10.1 Å². The number of fused-ring (bicyclic) bond motifs is 1. The lowest BCUT2D eigenvalue weighted by Crippen LogP contribution is -2.14. The molecule has 7 nitrogen and oxygen atoms in total. The van der Waals surface area contributed by atoms with Gasteiger partial charge in [0.1, 0.15) is 5.75 Å². The first kappa shape index (κ1) is 21.0. The Balaban J connectivity index is 1.58. The summed E-state index contributed by atoms with van der Waals surface area (Å²) in [7, 11) is 0. The first-order valence-corrected chi connectivity index (χ1v) is 11.1. The third-order valence-corrected chi connectivity index (χ3v) is 5.84. The lowest BCUT2D eigenvalue weighted by atomic mass is 10.1. The summed E-state index contributed by atoms with van der Waals surface area (Å²) in [5.41, 5.74) is 3.80. The number of thiazole rings is 1. The molecule has 0 radical (unpaired) electrons. The van der Waals surface area contributed by atoms with Gasteiger partial charge in [0, 0.05) is 21.9 Å². The summed E-state index contributed by atoms with van der Waals surface area (Å²) in [6.07, 6.45) is 1.75. The van der Waals surface area contributed by atoms with Crippen LogP contribution in [0.3, 0.4) is 0 Å². The van der Waals surface area contributed by atoms with Crippen LogP contribution >= 0.6 is 11.3 Å². The van der Waals surface area contributed by atoms with Crippen molar-refractivity contribution < 1.29 is 9.53 Å². The molecule has 0 fully saturated rings. The molecule has 4 aromatic rings. The first-order chi connectivity index (χ1) is 14.9. The van der Waals surface area contributed by atoms with Crippen LogP contribution in [0.25, 0.3) is 22.3 Å². The first-order valence-electron chi connectivity index (χ1n) is 10.2. The number of carbonyl (C=O) groups is 1. The average molecular weight is 436 g/mol. The number of hydrogen-bond donors (Lipinski definition) is 1. The van der Waals surface area contributed by atoms with E-state index in [1.807, 2.05) is 55.8 Å². The van der Waals surface area contributed by atoms with Crippen LogP contribution in [0.2, 0.25) is 0 Å². The van der Waals surface area contributed by atoms with Crippen LogP contribution in [-0.4, -0.2) is 32.3 Å². The number of aryl methyl sites for hydroxylation is 2. The summed E-state index contributed by atoms with van der Waals surface area (Å²) in [4.78, 5) is 23.3. The summed E-state index contributed by atoms with van der Waals surface area (Å²) in [6, 6.07) is 9.85. The number of amides is 1. The number of ether oxygens (including phenoxy) is 1. The van der Waals surface area contributed by atoms with E-state index in [-0.39, 0.29) is 11.9 Å². The molecule has 8 heteroatoms. The number of hydrogen-bond acceptors (Lipinski definition) is 6. The lowest BCUT2D eigenvalue weighted by Gasteiger charge is -2.09. The molecule has 0 unspecified atom stereocenters. The lowest BCUT2D eigenvalue weighted by molar-refractivity contribution is 0.102. The van der Waals surface area contributed by atoms with Crippen LogP contribution in [-0.2, 0) is 0 Å². The van der Waals surface area contributed by atoms with Gasteiger partial charge in [0.15, 0.2) is 10.8 Å². The predicted molar refractivity (Wildman–Crippen MR) is 124 cm³/mol. The quantitative estimate of drug-likeness (QED) is 0.438. The topological polar surface area (TPSA) is 81.9 Å². The molecular formula is C23H25N5O2S. The molecule has 1 amide bonds. The zero-order chi connectivity index (χ0) is 22.1. The molecule has 31 heavy (non-hydrogen) atoms. The fourth-order valence-electron chi connectivity index (χ4n) is 3.43. The maximum Gasteiger partial charge on any atom is 0.259 e. The van der Waals surface area contributed by atoms with Crippen LogP contribution in [0, 0.1) is 13.8 Å². The number of aromatic nitrogens is 4. The molecule has 0 spiro atoms.